The lowest BCUT2D eigenvalue weighted by atomic mass is 10.1. The summed E-state index contributed by atoms with van der Waals surface area (Å²) in [6, 6.07) is 15.3. The van der Waals surface area contributed by atoms with Gasteiger partial charge in [0.15, 0.2) is 0 Å². The number of H-pyrrole nitrogens is 1. The number of pyridine rings is 1. The highest BCUT2D eigenvalue weighted by Crippen LogP contribution is 2.17. The molecule has 0 bridgehead atoms. The van der Waals surface area contributed by atoms with Crippen LogP contribution in [-0.4, -0.2) is 31.2 Å². The smallest absolute Gasteiger partial charge is 0.314 e. The second kappa shape index (κ2) is 9.08. The standard InChI is InChI=1S/C22H25N3O3/c1-15-7-8-17-14-18(21(26)25-19(17)13-15)10-12-24-22(27)23-11-9-16-5-3-4-6-20(16)28-2/h3-8,13-14H,9-12H2,1-2H3,(H,25,26)(H2,23,24,27). The van der Waals surface area contributed by atoms with Crippen LogP contribution in [0.2, 0.25) is 0 Å². The first-order chi connectivity index (χ1) is 13.6. The Kier molecular flexibility index (Phi) is 6.32. The van der Waals surface area contributed by atoms with Crippen LogP contribution in [0.25, 0.3) is 10.9 Å². The molecule has 0 aliphatic carbocycles. The number of aryl methyl sites for hydroxylation is 1. The third-order valence-electron chi connectivity index (χ3n) is 4.63. The van der Waals surface area contributed by atoms with Gasteiger partial charge in [-0.2, -0.15) is 0 Å². The topological polar surface area (TPSA) is 83.2 Å². The zero-order valence-corrected chi connectivity index (χ0v) is 16.2. The van der Waals surface area contributed by atoms with Crippen molar-refractivity contribution < 1.29 is 9.53 Å². The van der Waals surface area contributed by atoms with Crippen molar-refractivity contribution in [3.05, 3.63) is 75.6 Å². The molecule has 3 N–H and O–H groups in total. The van der Waals surface area contributed by atoms with E-state index < -0.39 is 0 Å². The molecule has 3 rings (SSSR count). The van der Waals surface area contributed by atoms with Crippen LogP contribution in [0.15, 0.2) is 53.3 Å². The number of para-hydroxylation sites is 1. The van der Waals surface area contributed by atoms with Crippen LogP contribution < -0.4 is 20.9 Å². The lowest BCUT2D eigenvalue weighted by Gasteiger charge is -2.10. The van der Waals surface area contributed by atoms with Crippen molar-refractivity contribution in [3.63, 3.8) is 0 Å². The predicted octanol–water partition coefficient (Wildman–Crippen LogP) is 2.93. The minimum atomic E-state index is -0.247. The van der Waals surface area contributed by atoms with Crippen molar-refractivity contribution in [1.82, 2.24) is 15.6 Å². The summed E-state index contributed by atoms with van der Waals surface area (Å²) in [6.07, 6.45) is 1.15. The van der Waals surface area contributed by atoms with Gasteiger partial charge < -0.3 is 20.4 Å². The Morgan fingerprint density at radius 3 is 2.46 bits per heavy atom. The molecular weight excluding hydrogens is 354 g/mol. The highest BCUT2D eigenvalue weighted by atomic mass is 16.5. The van der Waals surface area contributed by atoms with E-state index >= 15 is 0 Å². The molecule has 0 radical (unpaired) electrons. The van der Waals surface area contributed by atoms with Crippen molar-refractivity contribution >= 4 is 16.9 Å². The fourth-order valence-corrected chi connectivity index (χ4v) is 3.14. The van der Waals surface area contributed by atoms with Crippen LogP contribution in [0.4, 0.5) is 4.79 Å². The van der Waals surface area contributed by atoms with Crippen molar-refractivity contribution in [2.45, 2.75) is 19.8 Å². The van der Waals surface area contributed by atoms with Gasteiger partial charge in [-0.1, -0.05) is 30.3 Å². The number of aromatic amines is 1. The van der Waals surface area contributed by atoms with Crippen LogP contribution in [0.1, 0.15) is 16.7 Å². The molecule has 3 aromatic rings. The van der Waals surface area contributed by atoms with Crippen LogP contribution in [0.3, 0.4) is 0 Å². The molecule has 6 heteroatoms. The molecule has 0 atom stereocenters. The third-order valence-corrected chi connectivity index (χ3v) is 4.63. The Balaban J connectivity index is 1.47. The Hall–Kier alpha value is -3.28. The molecule has 0 saturated heterocycles. The zero-order valence-electron chi connectivity index (χ0n) is 16.2. The minimum absolute atomic E-state index is 0.114. The van der Waals surface area contributed by atoms with Gasteiger partial charge in [-0.05, 0) is 54.5 Å². The van der Waals surface area contributed by atoms with Crippen LogP contribution in [-0.2, 0) is 12.8 Å². The maximum Gasteiger partial charge on any atom is 0.314 e. The first-order valence-corrected chi connectivity index (χ1v) is 9.33. The normalized spacial score (nSPS) is 10.6. The SMILES string of the molecule is COc1ccccc1CCNC(=O)NCCc1cc2ccc(C)cc2[nH]c1=O. The fraction of sp³-hybridized carbons (Fsp3) is 0.273. The van der Waals surface area contributed by atoms with E-state index in [1.165, 1.54) is 0 Å². The second-order valence-electron chi connectivity index (χ2n) is 6.71. The number of amides is 2. The first-order valence-electron chi connectivity index (χ1n) is 9.33. The summed E-state index contributed by atoms with van der Waals surface area (Å²) < 4.78 is 5.30. The van der Waals surface area contributed by atoms with Gasteiger partial charge >= 0.3 is 6.03 Å². The summed E-state index contributed by atoms with van der Waals surface area (Å²) in [5, 5.41) is 6.61. The van der Waals surface area contributed by atoms with Crippen molar-refractivity contribution in [1.29, 1.82) is 0 Å². The number of carbonyl (C=O) groups is 1. The lowest BCUT2D eigenvalue weighted by molar-refractivity contribution is 0.241. The zero-order chi connectivity index (χ0) is 19.9. The number of rotatable bonds is 7. The first kappa shape index (κ1) is 19.5. The number of hydrogen-bond donors (Lipinski definition) is 3. The number of benzene rings is 2. The molecule has 146 valence electrons. The maximum absolute atomic E-state index is 12.2. The summed E-state index contributed by atoms with van der Waals surface area (Å²) in [7, 11) is 1.63. The molecule has 2 aromatic carbocycles. The highest BCUT2D eigenvalue weighted by molar-refractivity contribution is 5.79. The van der Waals surface area contributed by atoms with Gasteiger partial charge in [0, 0.05) is 24.2 Å². The van der Waals surface area contributed by atoms with Crippen LogP contribution >= 0.6 is 0 Å². The fourth-order valence-electron chi connectivity index (χ4n) is 3.14. The average Bonchev–Trinajstić information content (AvgIpc) is 2.69. The van der Waals surface area contributed by atoms with Crippen LogP contribution in [0.5, 0.6) is 5.75 Å². The molecule has 2 amide bonds. The maximum atomic E-state index is 12.2. The van der Waals surface area contributed by atoms with E-state index in [0.29, 0.717) is 31.5 Å². The number of aromatic nitrogens is 1. The molecule has 0 fully saturated rings. The number of nitrogens with one attached hydrogen (secondary N) is 3. The molecule has 0 aliphatic heterocycles. The number of urea groups is 1. The summed E-state index contributed by atoms with van der Waals surface area (Å²) in [5.74, 6) is 0.815. The summed E-state index contributed by atoms with van der Waals surface area (Å²) in [5.41, 5.74) is 3.52. The van der Waals surface area contributed by atoms with E-state index in [1.807, 2.05) is 55.5 Å². The molecule has 28 heavy (non-hydrogen) atoms. The summed E-state index contributed by atoms with van der Waals surface area (Å²) in [4.78, 5) is 27.1. The Labute approximate surface area is 163 Å². The molecule has 0 saturated carbocycles. The molecule has 0 aliphatic rings. The van der Waals surface area contributed by atoms with E-state index in [1.54, 1.807) is 7.11 Å². The van der Waals surface area contributed by atoms with E-state index in [0.717, 1.165) is 27.8 Å². The van der Waals surface area contributed by atoms with Gasteiger partial charge in [0.05, 0.1) is 7.11 Å². The van der Waals surface area contributed by atoms with Gasteiger partial charge in [-0.3, -0.25) is 4.79 Å². The number of ether oxygens (including phenoxy) is 1. The lowest BCUT2D eigenvalue weighted by Crippen LogP contribution is -2.38. The Bertz CT molecular complexity index is 1030. The summed E-state index contributed by atoms with van der Waals surface area (Å²) >= 11 is 0. The second-order valence-corrected chi connectivity index (χ2v) is 6.71. The van der Waals surface area contributed by atoms with Crippen molar-refractivity contribution in [3.8, 4) is 5.75 Å². The van der Waals surface area contributed by atoms with E-state index in [2.05, 4.69) is 15.6 Å². The van der Waals surface area contributed by atoms with Gasteiger partial charge in [0.2, 0.25) is 0 Å². The van der Waals surface area contributed by atoms with Crippen molar-refractivity contribution in [2.24, 2.45) is 0 Å². The van der Waals surface area contributed by atoms with Gasteiger partial charge in [-0.25, -0.2) is 4.79 Å². The Morgan fingerprint density at radius 2 is 1.71 bits per heavy atom. The third kappa shape index (κ3) is 4.91. The van der Waals surface area contributed by atoms with Crippen LogP contribution in [0, 0.1) is 6.92 Å². The molecule has 0 spiro atoms. The van der Waals surface area contributed by atoms with Gasteiger partial charge in [0.1, 0.15) is 5.75 Å². The number of hydrogen-bond acceptors (Lipinski definition) is 3. The molecule has 6 nitrogen and oxygen atoms in total. The Morgan fingerprint density at radius 1 is 1.00 bits per heavy atom. The van der Waals surface area contributed by atoms with Gasteiger partial charge in [-0.15, -0.1) is 0 Å². The summed E-state index contributed by atoms with van der Waals surface area (Å²) in [6.45, 7) is 2.88. The van der Waals surface area contributed by atoms with E-state index in [4.69, 9.17) is 4.74 Å². The molecule has 1 aromatic heterocycles. The number of carbonyl (C=O) groups excluding carboxylic acids is 1. The monoisotopic (exact) mass is 379 g/mol. The molecule has 1 heterocycles. The number of fused-ring (bicyclic) bond motifs is 1. The van der Waals surface area contributed by atoms with E-state index in [-0.39, 0.29) is 11.6 Å². The predicted molar refractivity (Wildman–Crippen MR) is 111 cm³/mol. The quantitative estimate of drug-likeness (QED) is 0.590. The van der Waals surface area contributed by atoms with Gasteiger partial charge in [0.25, 0.3) is 5.56 Å². The minimum Gasteiger partial charge on any atom is -0.496 e. The highest BCUT2D eigenvalue weighted by Gasteiger charge is 2.06. The van der Waals surface area contributed by atoms with E-state index in [9.17, 15) is 9.59 Å². The molecular formula is C22H25N3O3. The van der Waals surface area contributed by atoms with Crippen molar-refractivity contribution in [2.75, 3.05) is 20.2 Å². The molecule has 0 unspecified atom stereocenters. The average molecular weight is 379 g/mol. The number of methoxy groups -OCH3 is 1. The largest absolute Gasteiger partial charge is 0.496 e.